The van der Waals surface area contributed by atoms with Crippen LogP contribution in [0.4, 0.5) is 0 Å². The van der Waals surface area contributed by atoms with Gasteiger partial charge in [-0.2, -0.15) is 0 Å². The van der Waals surface area contributed by atoms with Crippen LogP contribution in [-0.2, 0) is 6.54 Å². The fourth-order valence-electron chi connectivity index (χ4n) is 1.51. The van der Waals surface area contributed by atoms with Crippen molar-refractivity contribution in [2.45, 2.75) is 44.6 Å². The molecule has 0 heterocycles. The van der Waals surface area contributed by atoms with Crippen molar-refractivity contribution in [2.24, 2.45) is 0 Å². The van der Waals surface area contributed by atoms with Crippen LogP contribution in [-0.4, -0.2) is 12.3 Å². The summed E-state index contributed by atoms with van der Waals surface area (Å²) >= 11 is 1.97. The second-order valence-electron chi connectivity index (χ2n) is 3.98. The number of rotatable bonds is 8. The lowest BCUT2D eigenvalue weighted by Gasteiger charge is -2.04. The van der Waals surface area contributed by atoms with Gasteiger partial charge >= 0.3 is 0 Å². The van der Waals surface area contributed by atoms with Gasteiger partial charge in [0.15, 0.2) is 0 Å². The summed E-state index contributed by atoms with van der Waals surface area (Å²) in [6, 6.07) is 8.93. The molecule has 0 radical (unpaired) electrons. The van der Waals surface area contributed by atoms with Gasteiger partial charge in [-0.25, -0.2) is 0 Å². The maximum Gasteiger partial charge on any atom is 0.0205 e. The van der Waals surface area contributed by atoms with Gasteiger partial charge in [-0.05, 0) is 36.4 Å². The quantitative estimate of drug-likeness (QED) is 0.540. The number of benzene rings is 1. The summed E-state index contributed by atoms with van der Waals surface area (Å²) in [4.78, 5) is 1.40. The van der Waals surface area contributed by atoms with Crippen LogP contribution in [0.1, 0.15) is 38.7 Å². The minimum Gasteiger partial charge on any atom is -0.313 e. The Morgan fingerprint density at radius 3 is 2.44 bits per heavy atom. The molecular formula is C14H23NS. The van der Waals surface area contributed by atoms with Gasteiger partial charge in [0, 0.05) is 11.4 Å². The molecule has 0 bridgehead atoms. The van der Waals surface area contributed by atoms with Gasteiger partial charge in [0.2, 0.25) is 0 Å². The third kappa shape index (κ3) is 5.57. The van der Waals surface area contributed by atoms with E-state index in [0.717, 1.165) is 13.1 Å². The first-order chi connectivity index (χ1) is 7.86. The monoisotopic (exact) mass is 237 g/mol. The largest absolute Gasteiger partial charge is 0.313 e. The molecule has 0 atom stereocenters. The molecule has 0 fully saturated rings. The normalized spacial score (nSPS) is 10.6. The number of nitrogens with one attached hydrogen (secondary N) is 1. The highest BCUT2D eigenvalue weighted by atomic mass is 32.2. The van der Waals surface area contributed by atoms with Crippen molar-refractivity contribution < 1.29 is 0 Å². The predicted molar refractivity (Wildman–Crippen MR) is 74.1 cm³/mol. The Kier molecular flexibility index (Phi) is 7.35. The van der Waals surface area contributed by atoms with E-state index in [0.29, 0.717) is 0 Å². The van der Waals surface area contributed by atoms with Crippen molar-refractivity contribution in [3.05, 3.63) is 29.8 Å². The highest BCUT2D eigenvalue weighted by Gasteiger charge is 1.95. The van der Waals surface area contributed by atoms with Crippen molar-refractivity contribution in [2.75, 3.05) is 12.3 Å². The van der Waals surface area contributed by atoms with Crippen LogP contribution >= 0.6 is 11.8 Å². The third-order valence-corrected chi connectivity index (χ3v) is 3.62. The van der Waals surface area contributed by atoms with Crippen molar-refractivity contribution in [1.29, 1.82) is 0 Å². The molecule has 0 saturated carbocycles. The van der Waals surface area contributed by atoms with Crippen molar-refractivity contribution in [1.82, 2.24) is 5.32 Å². The second kappa shape index (κ2) is 8.66. The van der Waals surface area contributed by atoms with E-state index < -0.39 is 0 Å². The van der Waals surface area contributed by atoms with Crippen LogP contribution < -0.4 is 5.32 Å². The highest BCUT2D eigenvalue weighted by molar-refractivity contribution is 7.99. The predicted octanol–water partition coefficient (Wildman–Crippen LogP) is 4.08. The lowest BCUT2D eigenvalue weighted by atomic mass is 10.2. The van der Waals surface area contributed by atoms with Gasteiger partial charge in [-0.3, -0.25) is 0 Å². The minimum atomic E-state index is 0.983. The molecule has 0 aliphatic rings. The number of hydrogen-bond acceptors (Lipinski definition) is 2. The second-order valence-corrected chi connectivity index (χ2v) is 5.15. The Labute approximate surface area is 104 Å². The Morgan fingerprint density at radius 2 is 1.81 bits per heavy atom. The Bertz CT molecular complexity index is 269. The summed E-state index contributed by atoms with van der Waals surface area (Å²) in [5, 5.41) is 3.34. The molecule has 90 valence electrons. The molecule has 1 aromatic rings. The average molecular weight is 237 g/mol. The molecule has 0 aliphatic carbocycles. The molecule has 0 aromatic heterocycles. The van der Waals surface area contributed by atoms with Crippen LogP contribution in [0.15, 0.2) is 29.2 Å². The Balaban J connectivity index is 2.27. The van der Waals surface area contributed by atoms with E-state index in [9.17, 15) is 0 Å². The van der Waals surface area contributed by atoms with Crippen LogP contribution in [0.25, 0.3) is 0 Å². The molecule has 1 rings (SSSR count). The smallest absolute Gasteiger partial charge is 0.0205 e. The summed E-state index contributed by atoms with van der Waals surface area (Å²) in [5.74, 6) is 1.25. The van der Waals surface area contributed by atoms with Gasteiger partial charge in [0.1, 0.15) is 0 Å². The van der Waals surface area contributed by atoms with Crippen LogP contribution in [0, 0.1) is 0 Å². The van der Waals surface area contributed by atoms with E-state index in [2.05, 4.69) is 43.4 Å². The molecule has 1 N–H and O–H groups in total. The minimum absolute atomic E-state index is 0.983. The molecule has 0 spiro atoms. The molecule has 0 aliphatic heterocycles. The van der Waals surface area contributed by atoms with E-state index in [4.69, 9.17) is 0 Å². The topological polar surface area (TPSA) is 12.0 Å². The van der Waals surface area contributed by atoms with Crippen molar-refractivity contribution in [3.63, 3.8) is 0 Å². The standard InChI is InChI=1S/C14H23NS/c1-3-5-6-11-16-14-9-7-13(8-10-14)12-15-4-2/h7-10,15H,3-6,11-12H2,1-2H3. The summed E-state index contributed by atoms with van der Waals surface area (Å²) in [5.41, 5.74) is 1.37. The highest BCUT2D eigenvalue weighted by Crippen LogP contribution is 2.20. The lowest BCUT2D eigenvalue weighted by Crippen LogP contribution is -2.11. The maximum absolute atomic E-state index is 3.34. The average Bonchev–Trinajstić information content (AvgIpc) is 2.33. The Hall–Kier alpha value is -0.470. The Morgan fingerprint density at radius 1 is 1.06 bits per heavy atom. The van der Waals surface area contributed by atoms with Gasteiger partial charge in [0.25, 0.3) is 0 Å². The molecular weight excluding hydrogens is 214 g/mol. The van der Waals surface area contributed by atoms with Gasteiger partial charge in [-0.1, -0.05) is 38.8 Å². The number of hydrogen-bond donors (Lipinski definition) is 1. The fourth-order valence-corrected chi connectivity index (χ4v) is 2.43. The van der Waals surface area contributed by atoms with Crippen LogP contribution in [0.2, 0.25) is 0 Å². The molecule has 1 nitrogen and oxygen atoms in total. The maximum atomic E-state index is 3.34. The molecule has 0 amide bonds. The molecule has 2 heteroatoms. The summed E-state index contributed by atoms with van der Waals surface area (Å²) < 4.78 is 0. The van der Waals surface area contributed by atoms with E-state index in [-0.39, 0.29) is 0 Å². The first-order valence-electron chi connectivity index (χ1n) is 6.29. The third-order valence-electron chi connectivity index (χ3n) is 2.52. The molecule has 1 aromatic carbocycles. The van der Waals surface area contributed by atoms with Crippen molar-refractivity contribution >= 4 is 11.8 Å². The molecule has 16 heavy (non-hydrogen) atoms. The summed E-state index contributed by atoms with van der Waals surface area (Å²) in [7, 11) is 0. The van der Waals surface area contributed by atoms with E-state index in [1.807, 2.05) is 11.8 Å². The van der Waals surface area contributed by atoms with Gasteiger partial charge < -0.3 is 5.32 Å². The molecule has 0 saturated heterocycles. The zero-order valence-electron chi connectivity index (χ0n) is 10.5. The number of unbranched alkanes of at least 4 members (excludes halogenated alkanes) is 2. The van der Waals surface area contributed by atoms with Gasteiger partial charge in [-0.15, -0.1) is 11.8 Å². The number of thioether (sulfide) groups is 1. The summed E-state index contributed by atoms with van der Waals surface area (Å²) in [6.45, 7) is 6.41. The van der Waals surface area contributed by atoms with Crippen LogP contribution in [0.3, 0.4) is 0 Å². The lowest BCUT2D eigenvalue weighted by molar-refractivity contribution is 0.726. The zero-order chi connectivity index (χ0) is 11.6. The zero-order valence-corrected chi connectivity index (χ0v) is 11.3. The van der Waals surface area contributed by atoms with E-state index in [1.54, 1.807) is 0 Å². The SMILES string of the molecule is CCCCCSc1ccc(CNCC)cc1. The van der Waals surface area contributed by atoms with E-state index >= 15 is 0 Å². The summed E-state index contributed by atoms with van der Waals surface area (Å²) in [6.07, 6.45) is 3.99. The van der Waals surface area contributed by atoms with Crippen LogP contribution in [0.5, 0.6) is 0 Å². The first-order valence-corrected chi connectivity index (χ1v) is 7.27. The molecule has 0 unspecified atom stereocenters. The fraction of sp³-hybridized carbons (Fsp3) is 0.571. The van der Waals surface area contributed by atoms with Gasteiger partial charge in [0.05, 0.1) is 0 Å². The first kappa shape index (κ1) is 13.6. The van der Waals surface area contributed by atoms with E-state index in [1.165, 1.54) is 35.5 Å². The van der Waals surface area contributed by atoms with Crippen molar-refractivity contribution in [3.8, 4) is 0 Å².